The Bertz CT molecular complexity index is 478. The smallest absolute Gasteiger partial charge is 0.165 e. The Morgan fingerprint density at radius 2 is 2.27 bits per heavy atom. The summed E-state index contributed by atoms with van der Waals surface area (Å²) in [5.74, 6) is 0.827. The lowest BCUT2D eigenvalue weighted by atomic mass is 10.1. The topological polar surface area (TPSA) is 56.7 Å². The molecule has 2 N–H and O–H groups in total. The summed E-state index contributed by atoms with van der Waals surface area (Å²) in [4.78, 5) is 0. The van der Waals surface area contributed by atoms with Crippen LogP contribution >= 0.6 is 22.6 Å². The van der Waals surface area contributed by atoms with E-state index in [1.54, 1.807) is 6.33 Å². The molecule has 0 aliphatic carbocycles. The standard InChI is InChI=1S/C10H11IN4/c1-2-15-6-13-14-10(15)8-5-7(11)3-4-9(8)12/h3-6H,2,12H2,1H3. The van der Waals surface area contributed by atoms with Crippen molar-refractivity contribution in [2.45, 2.75) is 13.5 Å². The lowest BCUT2D eigenvalue weighted by Gasteiger charge is -2.06. The van der Waals surface area contributed by atoms with Gasteiger partial charge in [0.1, 0.15) is 6.33 Å². The quantitative estimate of drug-likeness (QED) is 0.682. The number of hydrogen-bond acceptors (Lipinski definition) is 3. The first-order valence-corrected chi connectivity index (χ1v) is 5.73. The summed E-state index contributed by atoms with van der Waals surface area (Å²) in [5.41, 5.74) is 7.60. The number of halogens is 1. The molecule has 0 aliphatic heterocycles. The minimum Gasteiger partial charge on any atom is -0.398 e. The molecule has 1 aromatic carbocycles. The summed E-state index contributed by atoms with van der Waals surface area (Å²) in [6.07, 6.45) is 1.72. The van der Waals surface area contributed by atoms with Gasteiger partial charge in [-0.05, 0) is 47.7 Å². The Kier molecular flexibility index (Phi) is 2.90. The maximum Gasteiger partial charge on any atom is 0.165 e. The highest BCUT2D eigenvalue weighted by molar-refractivity contribution is 14.1. The fourth-order valence-electron chi connectivity index (χ4n) is 1.42. The van der Waals surface area contributed by atoms with Crippen molar-refractivity contribution in [1.29, 1.82) is 0 Å². The average molecular weight is 314 g/mol. The van der Waals surface area contributed by atoms with Crippen LogP contribution in [-0.4, -0.2) is 14.8 Å². The van der Waals surface area contributed by atoms with Gasteiger partial charge in [-0.3, -0.25) is 0 Å². The molecule has 2 rings (SSSR count). The maximum atomic E-state index is 5.92. The van der Waals surface area contributed by atoms with Crippen molar-refractivity contribution in [1.82, 2.24) is 14.8 Å². The minimum absolute atomic E-state index is 0.734. The van der Waals surface area contributed by atoms with Crippen LogP contribution in [0, 0.1) is 3.57 Å². The Morgan fingerprint density at radius 3 is 3.00 bits per heavy atom. The molecule has 15 heavy (non-hydrogen) atoms. The van der Waals surface area contributed by atoms with Gasteiger partial charge in [-0.15, -0.1) is 10.2 Å². The van der Waals surface area contributed by atoms with Crippen LogP contribution in [0.15, 0.2) is 24.5 Å². The first-order valence-electron chi connectivity index (χ1n) is 4.65. The summed E-state index contributed by atoms with van der Waals surface area (Å²) in [7, 11) is 0. The van der Waals surface area contributed by atoms with E-state index >= 15 is 0 Å². The van der Waals surface area contributed by atoms with Crippen molar-refractivity contribution in [3.05, 3.63) is 28.1 Å². The average Bonchev–Trinajstić information content (AvgIpc) is 2.69. The summed E-state index contributed by atoms with van der Waals surface area (Å²) in [5, 5.41) is 7.98. The van der Waals surface area contributed by atoms with Crippen molar-refractivity contribution in [3.8, 4) is 11.4 Å². The fourth-order valence-corrected chi connectivity index (χ4v) is 1.91. The van der Waals surface area contributed by atoms with Crippen LogP contribution in [0.2, 0.25) is 0 Å². The summed E-state index contributed by atoms with van der Waals surface area (Å²) in [6, 6.07) is 5.89. The van der Waals surface area contributed by atoms with E-state index in [1.165, 1.54) is 0 Å². The van der Waals surface area contributed by atoms with Gasteiger partial charge in [0.25, 0.3) is 0 Å². The Hall–Kier alpha value is -1.11. The van der Waals surface area contributed by atoms with Crippen LogP contribution in [0.1, 0.15) is 6.92 Å². The second-order valence-electron chi connectivity index (χ2n) is 3.17. The third-order valence-corrected chi connectivity index (χ3v) is 2.88. The fraction of sp³-hybridized carbons (Fsp3) is 0.200. The summed E-state index contributed by atoms with van der Waals surface area (Å²) in [6.45, 7) is 2.89. The number of nitrogens with two attached hydrogens (primary N) is 1. The normalized spacial score (nSPS) is 10.5. The molecule has 0 aliphatic rings. The molecule has 5 heteroatoms. The molecule has 4 nitrogen and oxygen atoms in total. The van der Waals surface area contributed by atoms with Crippen LogP contribution in [0.4, 0.5) is 5.69 Å². The van der Waals surface area contributed by atoms with E-state index in [9.17, 15) is 0 Å². The van der Waals surface area contributed by atoms with Gasteiger partial charge in [0.2, 0.25) is 0 Å². The third-order valence-electron chi connectivity index (χ3n) is 2.21. The lowest BCUT2D eigenvalue weighted by molar-refractivity contribution is 0.767. The Morgan fingerprint density at radius 1 is 1.47 bits per heavy atom. The second kappa shape index (κ2) is 4.18. The molecule has 0 unspecified atom stereocenters. The molecule has 0 amide bonds. The molecule has 0 radical (unpaired) electrons. The molecular formula is C10H11IN4. The van der Waals surface area contributed by atoms with E-state index in [2.05, 4.69) is 39.7 Å². The van der Waals surface area contributed by atoms with E-state index in [0.29, 0.717) is 0 Å². The van der Waals surface area contributed by atoms with Gasteiger partial charge >= 0.3 is 0 Å². The van der Waals surface area contributed by atoms with Crippen LogP contribution < -0.4 is 5.73 Å². The molecular weight excluding hydrogens is 303 g/mol. The molecule has 0 saturated carbocycles. The third kappa shape index (κ3) is 1.97. The Balaban J connectivity index is 2.58. The van der Waals surface area contributed by atoms with Gasteiger partial charge < -0.3 is 10.3 Å². The van der Waals surface area contributed by atoms with Crippen LogP contribution in [0.5, 0.6) is 0 Å². The van der Waals surface area contributed by atoms with E-state index in [-0.39, 0.29) is 0 Å². The highest BCUT2D eigenvalue weighted by atomic mass is 127. The van der Waals surface area contributed by atoms with E-state index in [0.717, 1.165) is 27.2 Å². The summed E-state index contributed by atoms with van der Waals surface area (Å²) >= 11 is 2.26. The van der Waals surface area contributed by atoms with E-state index in [1.807, 2.05) is 22.8 Å². The largest absolute Gasteiger partial charge is 0.398 e. The van der Waals surface area contributed by atoms with E-state index in [4.69, 9.17) is 5.73 Å². The van der Waals surface area contributed by atoms with Crippen LogP contribution in [0.3, 0.4) is 0 Å². The zero-order chi connectivity index (χ0) is 10.8. The predicted octanol–water partition coefficient (Wildman–Crippen LogP) is 2.15. The summed E-state index contributed by atoms with van der Waals surface area (Å²) < 4.78 is 3.12. The number of benzene rings is 1. The highest BCUT2D eigenvalue weighted by Crippen LogP contribution is 2.25. The van der Waals surface area contributed by atoms with Crippen molar-refractivity contribution in [3.63, 3.8) is 0 Å². The van der Waals surface area contributed by atoms with Gasteiger partial charge in [0.05, 0.1) is 0 Å². The van der Waals surface area contributed by atoms with Crippen LogP contribution in [0.25, 0.3) is 11.4 Å². The first kappa shape index (κ1) is 10.4. The van der Waals surface area contributed by atoms with Gasteiger partial charge in [-0.25, -0.2) is 0 Å². The molecule has 0 atom stereocenters. The van der Waals surface area contributed by atoms with Gasteiger partial charge in [-0.1, -0.05) is 0 Å². The molecule has 2 aromatic rings. The van der Waals surface area contributed by atoms with Gasteiger partial charge in [0.15, 0.2) is 5.82 Å². The predicted molar refractivity (Wildman–Crippen MR) is 68.3 cm³/mol. The maximum absolute atomic E-state index is 5.92. The molecule has 0 spiro atoms. The van der Waals surface area contributed by atoms with Crippen molar-refractivity contribution >= 4 is 28.3 Å². The SMILES string of the molecule is CCn1cnnc1-c1cc(I)ccc1N. The van der Waals surface area contributed by atoms with Crippen molar-refractivity contribution in [2.75, 3.05) is 5.73 Å². The number of aryl methyl sites for hydroxylation is 1. The molecule has 0 fully saturated rings. The molecule has 78 valence electrons. The van der Waals surface area contributed by atoms with Crippen molar-refractivity contribution < 1.29 is 0 Å². The number of nitrogen functional groups attached to an aromatic ring is 1. The second-order valence-corrected chi connectivity index (χ2v) is 4.42. The number of hydrogen-bond donors (Lipinski definition) is 1. The lowest BCUT2D eigenvalue weighted by Crippen LogP contribution is -1.99. The monoisotopic (exact) mass is 314 g/mol. The molecule has 1 heterocycles. The molecule has 1 aromatic heterocycles. The molecule has 0 saturated heterocycles. The number of nitrogens with zero attached hydrogens (tertiary/aromatic N) is 3. The van der Waals surface area contributed by atoms with E-state index < -0.39 is 0 Å². The highest BCUT2D eigenvalue weighted by Gasteiger charge is 2.09. The number of rotatable bonds is 2. The number of aromatic nitrogens is 3. The van der Waals surface area contributed by atoms with Gasteiger partial charge in [-0.2, -0.15) is 0 Å². The zero-order valence-electron chi connectivity index (χ0n) is 8.31. The van der Waals surface area contributed by atoms with Gasteiger partial charge in [0, 0.05) is 21.4 Å². The zero-order valence-corrected chi connectivity index (χ0v) is 10.5. The Labute approximate surface area is 102 Å². The molecule has 0 bridgehead atoms. The first-order chi connectivity index (χ1) is 7.22. The van der Waals surface area contributed by atoms with Crippen molar-refractivity contribution in [2.24, 2.45) is 0 Å². The minimum atomic E-state index is 0.734. The number of anilines is 1. The van der Waals surface area contributed by atoms with Crippen LogP contribution in [-0.2, 0) is 6.54 Å².